The maximum atomic E-state index is 12.9. The number of halogens is 1. The first-order valence-electron chi connectivity index (χ1n) is 6.49. The van der Waals surface area contributed by atoms with E-state index in [2.05, 4.69) is 5.10 Å². The summed E-state index contributed by atoms with van der Waals surface area (Å²) in [6, 6.07) is 8.28. The number of hydrogen-bond donors (Lipinski definition) is 0. The fourth-order valence-electron chi connectivity index (χ4n) is 2.17. The number of nitrogens with zero attached hydrogens (tertiary/aromatic N) is 2. The summed E-state index contributed by atoms with van der Waals surface area (Å²) in [4.78, 5) is 12.3. The van der Waals surface area contributed by atoms with Gasteiger partial charge < -0.3 is 0 Å². The topological polar surface area (TPSA) is 34.9 Å². The minimum atomic E-state index is -0.261. The van der Waals surface area contributed by atoms with Crippen LogP contribution >= 0.6 is 11.3 Å². The molecule has 0 atom stereocenters. The number of hydrogen-bond acceptors (Lipinski definition) is 3. The van der Waals surface area contributed by atoms with Gasteiger partial charge in [0.1, 0.15) is 11.5 Å². The molecule has 0 spiro atoms. The molecule has 106 valence electrons. The Labute approximate surface area is 125 Å². The van der Waals surface area contributed by atoms with Crippen molar-refractivity contribution in [1.29, 1.82) is 0 Å². The third-order valence-corrected chi connectivity index (χ3v) is 4.28. The monoisotopic (exact) mass is 300 g/mol. The van der Waals surface area contributed by atoms with Crippen LogP contribution < -0.4 is 0 Å². The molecule has 0 unspecified atom stereocenters. The van der Waals surface area contributed by atoms with E-state index >= 15 is 0 Å². The molecule has 2 aromatic heterocycles. The van der Waals surface area contributed by atoms with Gasteiger partial charge in [-0.25, -0.2) is 4.39 Å². The average Bonchev–Trinajstić information content (AvgIpc) is 3.07. The minimum Gasteiger partial charge on any atom is -0.298 e. The Morgan fingerprint density at radius 1 is 1.29 bits per heavy atom. The van der Waals surface area contributed by atoms with E-state index in [9.17, 15) is 9.18 Å². The lowest BCUT2D eigenvalue weighted by atomic mass is 10.2. The maximum absolute atomic E-state index is 12.9. The zero-order valence-corrected chi connectivity index (χ0v) is 12.2. The molecule has 3 aromatic rings. The Kier molecular flexibility index (Phi) is 3.66. The SMILES string of the molecule is Cc1ccsc1-c1nn(Cc2ccc(F)cc2)cc1C=O. The molecular weight excluding hydrogens is 287 g/mol. The van der Waals surface area contributed by atoms with Gasteiger partial charge in [-0.3, -0.25) is 9.48 Å². The Bertz CT molecular complexity index is 774. The lowest BCUT2D eigenvalue weighted by molar-refractivity contribution is 0.112. The molecule has 0 saturated heterocycles. The van der Waals surface area contributed by atoms with E-state index in [-0.39, 0.29) is 5.82 Å². The number of thiophene rings is 1. The van der Waals surface area contributed by atoms with E-state index in [1.165, 1.54) is 12.1 Å². The van der Waals surface area contributed by atoms with Gasteiger partial charge in [-0.05, 0) is 41.6 Å². The predicted molar refractivity (Wildman–Crippen MR) is 81.2 cm³/mol. The molecule has 0 aliphatic heterocycles. The number of carbonyl (C=O) groups excluding carboxylic acids is 1. The van der Waals surface area contributed by atoms with E-state index in [4.69, 9.17) is 0 Å². The number of benzene rings is 1. The molecule has 2 heterocycles. The molecule has 0 radical (unpaired) electrons. The van der Waals surface area contributed by atoms with Gasteiger partial charge in [-0.15, -0.1) is 11.3 Å². The van der Waals surface area contributed by atoms with Crippen LogP contribution in [0.4, 0.5) is 4.39 Å². The van der Waals surface area contributed by atoms with E-state index in [0.717, 1.165) is 22.3 Å². The maximum Gasteiger partial charge on any atom is 0.153 e. The summed E-state index contributed by atoms with van der Waals surface area (Å²) < 4.78 is 14.6. The zero-order valence-electron chi connectivity index (χ0n) is 11.4. The molecule has 1 aromatic carbocycles. The van der Waals surface area contributed by atoms with Crippen molar-refractivity contribution in [2.24, 2.45) is 0 Å². The number of rotatable bonds is 4. The lowest BCUT2D eigenvalue weighted by Crippen LogP contribution is -2.00. The number of carbonyl (C=O) groups is 1. The van der Waals surface area contributed by atoms with Crippen molar-refractivity contribution in [2.45, 2.75) is 13.5 Å². The van der Waals surface area contributed by atoms with Crippen LogP contribution in [0, 0.1) is 12.7 Å². The highest BCUT2D eigenvalue weighted by Gasteiger charge is 2.14. The molecule has 0 aliphatic rings. The second kappa shape index (κ2) is 5.61. The fraction of sp³-hybridized carbons (Fsp3) is 0.125. The number of aldehydes is 1. The van der Waals surface area contributed by atoms with Gasteiger partial charge in [0.25, 0.3) is 0 Å². The normalized spacial score (nSPS) is 10.8. The van der Waals surface area contributed by atoms with Gasteiger partial charge in [0.15, 0.2) is 6.29 Å². The Morgan fingerprint density at radius 2 is 2.05 bits per heavy atom. The summed E-state index contributed by atoms with van der Waals surface area (Å²) in [6.07, 6.45) is 2.55. The smallest absolute Gasteiger partial charge is 0.153 e. The molecule has 0 aliphatic carbocycles. The van der Waals surface area contributed by atoms with Crippen LogP contribution in [-0.4, -0.2) is 16.1 Å². The summed E-state index contributed by atoms with van der Waals surface area (Å²) >= 11 is 1.57. The summed E-state index contributed by atoms with van der Waals surface area (Å²) in [5.74, 6) is -0.261. The van der Waals surface area contributed by atoms with Gasteiger partial charge in [-0.1, -0.05) is 12.1 Å². The molecule has 21 heavy (non-hydrogen) atoms. The molecule has 3 rings (SSSR count). The first kappa shape index (κ1) is 13.7. The molecule has 0 bridgehead atoms. The van der Waals surface area contributed by atoms with Crippen LogP contribution in [0.3, 0.4) is 0 Å². The Morgan fingerprint density at radius 3 is 2.67 bits per heavy atom. The van der Waals surface area contributed by atoms with Crippen LogP contribution in [0.2, 0.25) is 0 Å². The lowest BCUT2D eigenvalue weighted by Gasteiger charge is -2.01. The van der Waals surface area contributed by atoms with Crippen LogP contribution in [0.1, 0.15) is 21.5 Å². The van der Waals surface area contributed by atoms with E-state index in [0.29, 0.717) is 17.8 Å². The van der Waals surface area contributed by atoms with E-state index in [1.807, 2.05) is 18.4 Å². The summed E-state index contributed by atoms with van der Waals surface area (Å²) in [6.45, 7) is 2.50. The summed E-state index contributed by atoms with van der Waals surface area (Å²) in [5.41, 5.74) is 3.32. The van der Waals surface area contributed by atoms with Crippen molar-refractivity contribution in [2.75, 3.05) is 0 Å². The molecule has 0 fully saturated rings. The summed E-state index contributed by atoms with van der Waals surface area (Å²) in [5, 5.41) is 6.49. The third-order valence-electron chi connectivity index (χ3n) is 3.25. The second-order valence-electron chi connectivity index (χ2n) is 4.81. The van der Waals surface area contributed by atoms with E-state index < -0.39 is 0 Å². The Hall–Kier alpha value is -2.27. The molecule has 0 saturated carbocycles. The summed E-state index contributed by atoms with van der Waals surface area (Å²) in [7, 11) is 0. The van der Waals surface area contributed by atoms with Crippen molar-refractivity contribution >= 4 is 17.6 Å². The van der Waals surface area contributed by atoms with Crippen molar-refractivity contribution in [3.8, 4) is 10.6 Å². The predicted octanol–water partition coefficient (Wildman–Crippen LogP) is 3.92. The average molecular weight is 300 g/mol. The molecule has 5 heteroatoms. The van der Waals surface area contributed by atoms with Crippen molar-refractivity contribution in [3.05, 3.63) is 64.4 Å². The zero-order chi connectivity index (χ0) is 14.8. The van der Waals surface area contributed by atoms with Crippen molar-refractivity contribution < 1.29 is 9.18 Å². The highest BCUT2D eigenvalue weighted by molar-refractivity contribution is 7.13. The quantitative estimate of drug-likeness (QED) is 0.684. The second-order valence-corrected chi connectivity index (χ2v) is 5.72. The molecule has 0 N–H and O–H groups in total. The highest BCUT2D eigenvalue weighted by Crippen LogP contribution is 2.29. The molecule has 3 nitrogen and oxygen atoms in total. The van der Waals surface area contributed by atoms with Crippen molar-refractivity contribution in [3.63, 3.8) is 0 Å². The van der Waals surface area contributed by atoms with Gasteiger partial charge in [-0.2, -0.15) is 5.10 Å². The molecule has 0 amide bonds. The first-order chi connectivity index (χ1) is 10.2. The van der Waals surface area contributed by atoms with Crippen LogP contribution in [-0.2, 0) is 6.54 Å². The largest absolute Gasteiger partial charge is 0.298 e. The van der Waals surface area contributed by atoms with Gasteiger partial charge in [0.05, 0.1) is 17.0 Å². The van der Waals surface area contributed by atoms with Crippen LogP contribution in [0.5, 0.6) is 0 Å². The fourth-order valence-corrected chi connectivity index (χ4v) is 3.11. The van der Waals surface area contributed by atoms with Gasteiger partial charge >= 0.3 is 0 Å². The molecular formula is C16H13FN2OS. The Balaban J connectivity index is 1.94. The van der Waals surface area contributed by atoms with Crippen LogP contribution in [0.15, 0.2) is 41.9 Å². The minimum absolute atomic E-state index is 0.261. The first-order valence-corrected chi connectivity index (χ1v) is 7.37. The van der Waals surface area contributed by atoms with Gasteiger partial charge in [0.2, 0.25) is 0 Å². The standard InChI is InChI=1S/C16H13FN2OS/c1-11-6-7-21-16(11)15-13(10-20)9-19(18-15)8-12-2-4-14(17)5-3-12/h2-7,9-10H,8H2,1H3. The number of aryl methyl sites for hydroxylation is 1. The van der Waals surface area contributed by atoms with Crippen molar-refractivity contribution in [1.82, 2.24) is 9.78 Å². The van der Waals surface area contributed by atoms with E-state index in [1.54, 1.807) is 34.3 Å². The number of aromatic nitrogens is 2. The third kappa shape index (κ3) is 2.78. The van der Waals surface area contributed by atoms with Crippen LogP contribution in [0.25, 0.3) is 10.6 Å². The highest BCUT2D eigenvalue weighted by atomic mass is 32.1. The van der Waals surface area contributed by atoms with Gasteiger partial charge in [0, 0.05) is 6.20 Å².